The van der Waals surface area contributed by atoms with Gasteiger partial charge in [0.2, 0.25) is 0 Å². The van der Waals surface area contributed by atoms with E-state index >= 15 is 0 Å². The Labute approximate surface area is 80.6 Å². The molecule has 0 saturated carbocycles. The standard InChI is InChI=1S/C10H9N3O/c1-7-9(12-13-10(14)11-7)8-5-3-2-4-6-8/h2-6H,1H3,(H,11,13,14). The van der Waals surface area contributed by atoms with Crippen molar-refractivity contribution in [1.82, 2.24) is 15.2 Å². The lowest BCUT2D eigenvalue weighted by Gasteiger charge is -2.01. The average molecular weight is 187 g/mol. The van der Waals surface area contributed by atoms with Gasteiger partial charge in [-0.1, -0.05) is 30.3 Å². The Kier molecular flexibility index (Phi) is 2.10. The Balaban J connectivity index is 2.58. The van der Waals surface area contributed by atoms with Gasteiger partial charge in [0.1, 0.15) is 5.69 Å². The van der Waals surface area contributed by atoms with Gasteiger partial charge in [0.25, 0.3) is 0 Å². The second kappa shape index (κ2) is 3.41. The van der Waals surface area contributed by atoms with E-state index in [0.29, 0.717) is 11.4 Å². The molecule has 0 unspecified atom stereocenters. The van der Waals surface area contributed by atoms with Crippen LogP contribution < -0.4 is 5.69 Å². The van der Waals surface area contributed by atoms with Gasteiger partial charge in [0, 0.05) is 5.56 Å². The molecule has 0 aliphatic carbocycles. The molecule has 1 heterocycles. The fourth-order valence-electron chi connectivity index (χ4n) is 1.28. The molecule has 1 aromatic heterocycles. The van der Waals surface area contributed by atoms with E-state index in [9.17, 15) is 4.79 Å². The number of aryl methyl sites for hydroxylation is 1. The molecule has 14 heavy (non-hydrogen) atoms. The van der Waals surface area contributed by atoms with Crippen LogP contribution in [0.3, 0.4) is 0 Å². The van der Waals surface area contributed by atoms with Crippen LogP contribution in [0, 0.1) is 6.92 Å². The van der Waals surface area contributed by atoms with E-state index in [1.54, 1.807) is 6.92 Å². The maximum atomic E-state index is 10.8. The summed E-state index contributed by atoms with van der Waals surface area (Å²) in [6.07, 6.45) is 0. The fraction of sp³-hybridized carbons (Fsp3) is 0.100. The highest BCUT2D eigenvalue weighted by atomic mass is 16.1. The first-order chi connectivity index (χ1) is 6.77. The predicted molar refractivity (Wildman–Crippen MR) is 52.8 cm³/mol. The van der Waals surface area contributed by atoms with Crippen molar-refractivity contribution in [2.45, 2.75) is 6.92 Å². The van der Waals surface area contributed by atoms with Gasteiger partial charge in [-0.15, -0.1) is 0 Å². The molecule has 0 fully saturated rings. The summed E-state index contributed by atoms with van der Waals surface area (Å²) in [6, 6.07) is 9.62. The minimum Gasteiger partial charge on any atom is -0.244 e. The molecule has 0 amide bonds. The number of nitrogens with one attached hydrogen (secondary N) is 1. The lowest BCUT2D eigenvalue weighted by molar-refractivity contribution is 0.895. The first-order valence-corrected chi connectivity index (χ1v) is 4.26. The van der Waals surface area contributed by atoms with E-state index in [1.807, 2.05) is 30.3 Å². The van der Waals surface area contributed by atoms with Gasteiger partial charge in [-0.25, -0.2) is 9.89 Å². The second-order valence-corrected chi connectivity index (χ2v) is 2.94. The monoisotopic (exact) mass is 187 g/mol. The number of H-pyrrole nitrogens is 1. The SMILES string of the molecule is Cc1nc(=O)[nH]nc1-c1ccccc1. The molecule has 1 aromatic carbocycles. The lowest BCUT2D eigenvalue weighted by atomic mass is 10.1. The minimum atomic E-state index is -0.415. The first-order valence-electron chi connectivity index (χ1n) is 4.26. The average Bonchev–Trinajstić information content (AvgIpc) is 2.19. The molecule has 2 aromatic rings. The molecule has 0 saturated heterocycles. The molecule has 0 spiro atoms. The van der Waals surface area contributed by atoms with Crippen molar-refractivity contribution in [1.29, 1.82) is 0 Å². The van der Waals surface area contributed by atoms with E-state index < -0.39 is 5.69 Å². The van der Waals surface area contributed by atoms with Crippen LogP contribution in [-0.4, -0.2) is 15.2 Å². The number of aromatic nitrogens is 3. The molecule has 0 aliphatic heterocycles. The summed E-state index contributed by atoms with van der Waals surface area (Å²) in [5, 5.41) is 6.27. The first kappa shape index (κ1) is 8.62. The van der Waals surface area contributed by atoms with Crippen molar-refractivity contribution in [3.05, 3.63) is 46.5 Å². The van der Waals surface area contributed by atoms with Crippen molar-refractivity contribution in [3.8, 4) is 11.3 Å². The number of aromatic amines is 1. The van der Waals surface area contributed by atoms with Crippen molar-refractivity contribution in [2.24, 2.45) is 0 Å². The molecule has 70 valence electrons. The van der Waals surface area contributed by atoms with Crippen LogP contribution in [0.15, 0.2) is 35.1 Å². The van der Waals surface area contributed by atoms with Gasteiger partial charge < -0.3 is 0 Å². The summed E-state index contributed by atoms with van der Waals surface area (Å²) in [5.41, 5.74) is 1.89. The van der Waals surface area contributed by atoms with Gasteiger partial charge in [-0.05, 0) is 6.92 Å². The van der Waals surface area contributed by atoms with Crippen LogP contribution >= 0.6 is 0 Å². The minimum absolute atomic E-state index is 0.415. The Bertz CT molecular complexity index is 490. The van der Waals surface area contributed by atoms with Crippen molar-refractivity contribution in [3.63, 3.8) is 0 Å². The zero-order chi connectivity index (χ0) is 9.97. The number of hydrogen-bond donors (Lipinski definition) is 1. The van der Waals surface area contributed by atoms with Crippen LogP contribution in [0.25, 0.3) is 11.3 Å². The number of rotatable bonds is 1. The molecule has 0 bridgehead atoms. The summed E-state index contributed by atoms with van der Waals surface area (Å²) in [6.45, 7) is 1.77. The summed E-state index contributed by atoms with van der Waals surface area (Å²) in [4.78, 5) is 14.6. The van der Waals surface area contributed by atoms with Gasteiger partial charge in [0.05, 0.1) is 5.69 Å². The number of hydrogen-bond acceptors (Lipinski definition) is 3. The number of nitrogens with zero attached hydrogens (tertiary/aromatic N) is 2. The second-order valence-electron chi connectivity index (χ2n) is 2.94. The predicted octanol–water partition coefficient (Wildman–Crippen LogP) is 1.14. The zero-order valence-corrected chi connectivity index (χ0v) is 7.69. The van der Waals surface area contributed by atoms with Gasteiger partial charge in [0.15, 0.2) is 0 Å². The van der Waals surface area contributed by atoms with Crippen LogP contribution in [0.2, 0.25) is 0 Å². The maximum Gasteiger partial charge on any atom is 0.361 e. The van der Waals surface area contributed by atoms with Crippen LogP contribution in [0.1, 0.15) is 5.69 Å². The Morgan fingerprint density at radius 3 is 2.57 bits per heavy atom. The van der Waals surface area contributed by atoms with Gasteiger partial charge in [-0.3, -0.25) is 0 Å². The lowest BCUT2D eigenvalue weighted by Crippen LogP contribution is -2.14. The normalized spacial score (nSPS) is 10.1. The Morgan fingerprint density at radius 2 is 1.93 bits per heavy atom. The molecule has 0 aliphatic rings. The van der Waals surface area contributed by atoms with Gasteiger partial charge in [-0.2, -0.15) is 10.1 Å². The van der Waals surface area contributed by atoms with Crippen LogP contribution in [-0.2, 0) is 0 Å². The van der Waals surface area contributed by atoms with E-state index in [2.05, 4.69) is 15.2 Å². The Hall–Kier alpha value is -1.97. The molecule has 0 atom stereocenters. The molecule has 4 nitrogen and oxygen atoms in total. The third kappa shape index (κ3) is 1.54. The Morgan fingerprint density at radius 1 is 1.21 bits per heavy atom. The maximum absolute atomic E-state index is 10.8. The van der Waals surface area contributed by atoms with E-state index in [-0.39, 0.29) is 0 Å². The molecular weight excluding hydrogens is 178 g/mol. The molecule has 4 heteroatoms. The molecule has 1 N–H and O–H groups in total. The summed E-state index contributed by atoms with van der Waals surface area (Å²) < 4.78 is 0. The molecule has 2 rings (SSSR count). The zero-order valence-electron chi connectivity index (χ0n) is 7.69. The van der Waals surface area contributed by atoms with Crippen LogP contribution in [0.5, 0.6) is 0 Å². The highest BCUT2D eigenvalue weighted by Gasteiger charge is 2.03. The van der Waals surface area contributed by atoms with E-state index in [0.717, 1.165) is 5.56 Å². The van der Waals surface area contributed by atoms with Crippen LogP contribution in [0.4, 0.5) is 0 Å². The third-order valence-corrected chi connectivity index (χ3v) is 1.92. The van der Waals surface area contributed by atoms with Gasteiger partial charge >= 0.3 is 5.69 Å². The summed E-state index contributed by atoms with van der Waals surface area (Å²) >= 11 is 0. The summed E-state index contributed by atoms with van der Waals surface area (Å²) in [7, 11) is 0. The third-order valence-electron chi connectivity index (χ3n) is 1.92. The largest absolute Gasteiger partial charge is 0.361 e. The quantitative estimate of drug-likeness (QED) is 0.728. The van der Waals surface area contributed by atoms with Crippen molar-refractivity contribution >= 4 is 0 Å². The molecule has 0 radical (unpaired) electrons. The van der Waals surface area contributed by atoms with Crippen molar-refractivity contribution in [2.75, 3.05) is 0 Å². The topological polar surface area (TPSA) is 58.6 Å². The van der Waals surface area contributed by atoms with E-state index in [4.69, 9.17) is 0 Å². The highest BCUT2D eigenvalue weighted by molar-refractivity contribution is 5.60. The smallest absolute Gasteiger partial charge is 0.244 e. The van der Waals surface area contributed by atoms with Crippen molar-refractivity contribution < 1.29 is 0 Å². The molecular formula is C10H9N3O. The highest BCUT2D eigenvalue weighted by Crippen LogP contribution is 2.16. The number of benzene rings is 1. The van der Waals surface area contributed by atoms with E-state index in [1.165, 1.54) is 0 Å². The summed E-state index contributed by atoms with van der Waals surface area (Å²) in [5.74, 6) is 0. The fourth-order valence-corrected chi connectivity index (χ4v) is 1.28.